The first kappa shape index (κ1) is 11.2. The number of carbonyl (C=O) groups is 1. The van der Waals surface area contributed by atoms with Crippen LogP contribution in [0.3, 0.4) is 0 Å². The minimum Gasteiger partial charge on any atom is -0.481 e. The van der Waals surface area contributed by atoms with Crippen LogP contribution in [0.5, 0.6) is 0 Å². The lowest BCUT2D eigenvalue weighted by molar-refractivity contribution is -0.139. The molecule has 0 aromatic carbocycles. The predicted molar refractivity (Wildman–Crippen MR) is 64.2 cm³/mol. The van der Waals surface area contributed by atoms with Crippen LogP contribution in [0.1, 0.15) is 31.4 Å². The molecule has 0 spiro atoms. The Morgan fingerprint density at radius 1 is 1.39 bits per heavy atom. The molecule has 0 radical (unpaired) electrons. The van der Waals surface area contributed by atoms with Crippen LogP contribution in [-0.2, 0) is 4.79 Å². The Kier molecular flexibility index (Phi) is 2.06. The normalized spacial score (nSPS) is 25.3. The smallest absolute Gasteiger partial charge is 0.307 e. The van der Waals surface area contributed by atoms with Gasteiger partial charge in [-0.15, -0.1) is 0 Å². The molecule has 1 N–H and O–H groups in total. The Hall–Kier alpha value is -1.91. The number of oxazole rings is 1. The topological polar surface area (TPSA) is 76.2 Å². The van der Waals surface area contributed by atoms with Crippen molar-refractivity contribution in [1.29, 1.82) is 0 Å². The molecule has 0 amide bonds. The van der Waals surface area contributed by atoms with E-state index >= 15 is 0 Å². The van der Waals surface area contributed by atoms with Gasteiger partial charge in [0.05, 0.1) is 11.8 Å². The maximum Gasteiger partial charge on any atom is 0.307 e. The van der Waals surface area contributed by atoms with Crippen molar-refractivity contribution in [2.24, 2.45) is 11.3 Å². The Labute approximate surface area is 104 Å². The summed E-state index contributed by atoms with van der Waals surface area (Å²) >= 11 is 0. The number of carboxylic acids is 1. The third kappa shape index (κ3) is 1.43. The SMILES string of the molecule is Cc1ccc2oc(C3C(C(=O)O)C3(C)C)nc2n1. The van der Waals surface area contributed by atoms with Crippen molar-refractivity contribution in [3.63, 3.8) is 0 Å². The van der Waals surface area contributed by atoms with Crippen LogP contribution in [0, 0.1) is 18.3 Å². The van der Waals surface area contributed by atoms with Gasteiger partial charge in [0, 0.05) is 5.69 Å². The fourth-order valence-corrected chi connectivity index (χ4v) is 2.62. The van der Waals surface area contributed by atoms with E-state index in [-0.39, 0.29) is 11.3 Å². The molecule has 5 heteroatoms. The predicted octanol–water partition coefficient (Wildman–Crippen LogP) is 2.36. The van der Waals surface area contributed by atoms with Gasteiger partial charge in [0.1, 0.15) is 0 Å². The van der Waals surface area contributed by atoms with Gasteiger partial charge >= 0.3 is 5.97 Å². The van der Waals surface area contributed by atoms with Crippen LogP contribution in [0.15, 0.2) is 16.5 Å². The number of rotatable bonds is 2. The molecular formula is C13H14N2O3. The molecule has 2 heterocycles. The molecule has 0 aliphatic heterocycles. The molecule has 1 aliphatic carbocycles. The summed E-state index contributed by atoms with van der Waals surface area (Å²) in [5, 5.41) is 9.15. The lowest BCUT2D eigenvalue weighted by atomic mass is 10.1. The Morgan fingerprint density at radius 3 is 2.72 bits per heavy atom. The summed E-state index contributed by atoms with van der Waals surface area (Å²) < 4.78 is 5.63. The number of fused-ring (bicyclic) bond motifs is 1. The van der Waals surface area contributed by atoms with E-state index in [4.69, 9.17) is 9.52 Å². The first-order chi connectivity index (χ1) is 8.41. The second-order valence-electron chi connectivity index (χ2n) is 5.44. The zero-order chi connectivity index (χ0) is 13.1. The maximum atomic E-state index is 11.1. The van der Waals surface area contributed by atoms with E-state index in [1.165, 1.54) is 0 Å². The van der Waals surface area contributed by atoms with E-state index < -0.39 is 11.9 Å². The first-order valence-corrected chi connectivity index (χ1v) is 5.88. The van der Waals surface area contributed by atoms with Crippen LogP contribution in [0.25, 0.3) is 11.2 Å². The number of hydrogen-bond donors (Lipinski definition) is 1. The number of nitrogens with zero attached hydrogens (tertiary/aromatic N) is 2. The van der Waals surface area contributed by atoms with E-state index in [9.17, 15) is 4.79 Å². The van der Waals surface area contributed by atoms with E-state index in [0.717, 1.165) is 5.69 Å². The molecule has 1 saturated carbocycles. The average molecular weight is 246 g/mol. The zero-order valence-electron chi connectivity index (χ0n) is 10.5. The molecule has 18 heavy (non-hydrogen) atoms. The van der Waals surface area contributed by atoms with E-state index in [1.807, 2.05) is 32.9 Å². The monoisotopic (exact) mass is 246 g/mol. The van der Waals surface area contributed by atoms with Crippen molar-refractivity contribution in [3.8, 4) is 0 Å². The van der Waals surface area contributed by atoms with Gasteiger partial charge in [-0.3, -0.25) is 4.79 Å². The standard InChI is InChI=1S/C13H14N2O3/c1-6-4-5-7-10(14-6)15-11(18-7)8-9(12(16)17)13(8,2)3/h4-5,8-9H,1-3H3,(H,16,17). The van der Waals surface area contributed by atoms with E-state index in [2.05, 4.69) is 9.97 Å². The van der Waals surface area contributed by atoms with Gasteiger partial charge in [-0.05, 0) is 24.5 Å². The second-order valence-corrected chi connectivity index (χ2v) is 5.44. The molecular weight excluding hydrogens is 232 g/mol. The Bertz CT molecular complexity index is 645. The van der Waals surface area contributed by atoms with Crippen LogP contribution in [0.2, 0.25) is 0 Å². The van der Waals surface area contributed by atoms with Gasteiger partial charge in [-0.1, -0.05) is 13.8 Å². The Morgan fingerprint density at radius 2 is 2.11 bits per heavy atom. The molecule has 2 aromatic heterocycles. The highest BCUT2D eigenvalue weighted by Gasteiger charge is 2.65. The van der Waals surface area contributed by atoms with E-state index in [1.54, 1.807) is 0 Å². The minimum atomic E-state index is -0.795. The van der Waals surface area contributed by atoms with Crippen molar-refractivity contribution < 1.29 is 14.3 Å². The molecule has 1 fully saturated rings. The number of aryl methyl sites for hydroxylation is 1. The highest BCUT2D eigenvalue weighted by atomic mass is 16.4. The molecule has 1 aliphatic rings. The van der Waals surface area contributed by atoms with Gasteiger partial charge in [0.15, 0.2) is 11.2 Å². The van der Waals surface area contributed by atoms with Crippen molar-refractivity contribution in [3.05, 3.63) is 23.7 Å². The van der Waals surface area contributed by atoms with Gasteiger partial charge in [0.25, 0.3) is 0 Å². The third-order valence-corrected chi connectivity index (χ3v) is 3.77. The molecule has 94 valence electrons. The molecule has 3 rings (SSSR count). The maximum absolute atomic E-state index is 11.1. The second kappa shape index (κ2) is 3.31. The van der Waals surface area contributed by atoms with Crippen LogP contribution < -0.4 is 0 Å². The molecule has 2 unspecified atom stereocenters. The molecule has 0 bridgehead atoms. The van der Waals surface area contributed by atoms with Crippen molar-refractivity contribution in [1.82, 2.24) is 9.97 Å². The summed E-state index contributed by atoms with van der Waals surface area (Å²) in [6.45, 7) is 5.73. The van der Waals surface area contributed by atoms with Crippen LogP contribution >= 0.6 is 0 Å². The van der Waals surface area contributed by atoms with E-state index in [0.29, 0.717) is 17.1 Å². The van der Waals surface area contributed by atoms with Gasteiger partial charge in [-0.2, -0.15) is 4.98 Å². The fourth-order valence-electron chi connectivity index (χ4n) is 2.62. The van der Waals surface area contributed by atoms with Gasteiger partial charge < -0.3 is 9.52 Å². The fraction of sp³-hybridized carbons (Fsp3) is 0.462. The highest BCUT2D eigenvalue weighted by Crippen LogP contribution is 2.64. The van der Waals surface area contributed by atoms with Crippen molar-refractivity contribution in [2.45, 2.75) is 26.7 Å². The summed E-state index contributed by atoms with van der Waals surface area (Å²) in [7, 11) is 0. The number of carboxylic acid groups (broad SMARTS) is 1. The van der Waals surface area contributed by atoms with Gasteiger partial charge in [0.2, 0.25) is 5.89 Å². The molecule has 2 aromatic rings. The molecule has 0 saturated heterocycles. The number of hydrogen-bond acceptors (Lipinski definition) is 4. The minimum absolute atomic E-state index is 0.162. The number of pyridine rings is 1. The van der Waals surface area contributed by atoms with Crippen molar-refractivity contribution in [2.75, 3.05) is 0 Å². The lowest BCUT2D eigenvalue weighted by Gasteiger charge is -1.96. The zero-order valence-corrected chi connectivity index (χ0v) is 10.5. The Balaban J connectivity index is 2.04. The van der Waals surface area contributed by atoms with Crippen LogP contribution in [0.4, 0.5) is 0 Å². The largest absolute Gasteiger partial charge is 0.481 e. The number of aliphatic carboxylic acids is 1. The summed E-state index contributed by atoms with van der Waals surface area (Å²) in [5.41, 5.74) is 1.73. The molecule has 5 nitrogen and oxygen atoms in total. The summed E-state index contributed by atoms with van der Waals surface area (Å²) in [6.07, 6.45) is 0. The first-order valence-electron chi connectivity index (χ1n) is 5.88. The third-order valence-electron chi connectivity index (χ3n) is 3.77. The quantitative estimate of drug-likeness (QED) is 0.880. The summed E-state index contributed by atoms with van der Waals surface area (Å²) in [6, 6.07) is 3.67. The highest BCUT2D eigenvalue weighted by molar-refractivity contribution is 5.77. The number of aromatic nitrogens is 2. The van der Waals surface area contributed by atoms with Crippen molar-refractivity contribution >= 4 is 17.2 Å². The average Bonchev–Trinajstić information content (AvgIpc) is 2.66. The van der Waals surface area contributed by atoms with Gasteiger partial charge in [-0.25, -0.2) is 4.98 Å². The van der Waals surface area contributed by atoms with Crippen LogP contribution in [-0.4, -0.2) is 21.0 Å². The summed E-state index contributed by atoms with van der Waals surface area (Å²) in [5.74, 6) is -0.895. The molecule has 2 atom stereocenters. The lowest BCUT2D eigenvalue weighted by Crippen LogP contribution is -2.03. The summed E-state index contributed by atoms with van der Waals surface area (Å²) in [4.78, 5) is 19.7.